The van der Waals surface area contributed by atoms with Crippen LogP contribution in [0.25, 0.3) is 0 Å². The van der Waals surface area contributed by atoms with E-state index < -0.39 is 17.0 Å². The largest absolute Gasteiger partial charge is 0.497 e. The van der Waals surface area contributed by atoms with Crippen LogP contribution < -0.4 is 27.0 Å². The Bertz CT molecular complexity index is 973. The van der Waals surface area contributed by atoms with Crippen LogP contribution in [0.4, 0.5) is 11.5 Å². The van der Waals surface area contributed by atoms with E-state index in [1.165, 1.54) is 11.6 Å². The fourth-order valence-electron chi connectivity index (χ4n) is 2.81. The van der Waals surface area contributed by atoms with Gasteiger partial charge in [0.15, 0.2) is 5.78 Å². The van der Waals surface area contributed by atoms with Crippen LogP contribution in [0, 0.1) is 12.8 Å². The molecule has 0 radical (unpaired) electrons. The van der Waals surface area contributed by atoms with E-state index in [0.717, 1.165) is 15.8 Å². The molecule has 8 nitrogen and oxygen atoms in total. The highest BCUT2D eigenvalue weighted by molar-refractivity contribution is 6.02. The number of hydrogen-bond acceptors (Lipinski definition) is 6. The van der Waals surface area contributed by atoms with Gasteiger partial charge in [0.05, 0.1) is 13.7 Å². The van der Waals surface area contributed by atoms with Crippen molar-refractivity contribution in [2.24, 2.45) is 13.0 Å². The van der Waals surface area contributed by atoms with Crippen molar-refractivity contribution in [3.63, 3.8) is 0 Å². The Labute approximate surface area is 157 Å². The number of carbonyl (C=O) groups excluding carboxylic acids is 1. The van der Waals surface area contributed by atoms with Crippen molar-refractivity contribution in [2.45, 2.75) is 27.3 Å². The summed E-state index contributed by atoms with van der Waals surface area (Å²) >= 11 is 0. The Balaban J connectivity index is 2.35. The van der Waals surface area contributed by atoms with Crippen LogP contribution in [0.1, 0.15) is 29.8 Å². The normalized spacial score (nSPS) is 10.9. The van der Waals surface area contributed by atoms with Gasteiger partial charge in [-0.3, -0.25) is 18.7 Å². The van der Waals surface area contributed by atoms with Crippen molar-refractivity contribution in [1.82, 2.24) is 9.13 Å². The predicted octanol–water partition coefficient (Wildman–Crippen LogP) is 1.40. The number of methoxy groups -OCH3 is 1. The number of nitrogen functional groups attached to an aromatic ring is 1. The highest BCUT2D eigenvalue weighted by Gasteiger charge is 2.21. The third-order valence-corrected chi connectivity index (χ3v) is 4.28. The summed E-state index contributed by atoms with van der Waals surface area (Å²) in [6.07, 6.45) is 0. The molecule has 0 saturated heterocycles. The fraction of sp³-hybridized carbons (Fsp3) is 0.421. The van der Waals surface area contributed by atoms with E-state index in [-0.39, 0.29) is 23.8 Å². The maximum absolute atomic E-state index is 12.7. The number of nitrogens with zero attached hydrogens (tertiary/aromatic N) is 2. The molecule has 0 unspecified atom stereocenters. The molecular formula is C19H26N4O4. The van der Waals surface area contributed by atoms with Crippen molar-refractivity contribution in [1.29, 1.82) is 0 Å². The Morgan fingerprint density at radius 3 is 2.52 bits per heavy atom. The first kappa shape index (κ1) is 20.3. The lowest BCUT2D eigenvalue weighted by atomic mass is 10.1. The van der Waals surface area contributed by atoms with E-state index in [1.54, 1.807) is 19.2 Å². The number of anilines is 2. The van der Waals surface area contributed by atoms with E-state index >= 15 is 0 Å². The van der Waals surface area contributed by atoms with Crippen LogP contribution in [0.2, 0.25) is 0 Å². The highest BCUT2D eigenvalue weighted by Crippen LogP contribution is 2.21. The number of nitrogens with one attached hydrogen (secondary N) is 1. The average molecular weight is 374 g/mol. The molecule has 0 spiro atoms. The Kier molecular flexibility index (Phi) is 6.09. The topological polar surface area (TPSA) is 108 Å². The zero-order valence-electron chi connectivity index (χ0n) is 16.3. The first-order valence-electron chi connectivity index (χ1n) is 8.68. The summed E-state index contributed by atoms with van der Waals surface area (Å²) < 4.78 is 7.35. The van der Waals surface area contributed by atoms with Gasteiger partial charge in [0.1, 0.15) is 17.1 Å². The Morgan fingerprint density at radius 1 is 1.30 bits per heavy atom. The van der Waals surface area contributed by atoms with E-state index in [1.807, 2.05) is 26.8 Å². The van der Waals surface area contributed by atoms with Gasteiger partial charge >= 0.3 is 5.69 Å². The van der Waals surface area contributed by atoms with E-state index in [4.69, 9.17) is 10.5 Å². The first-order valence-corrected chi connectivity index (χ1v) is 8.68. The lowest BCUT2D eigenvalue weighted by Crippen LogP contribution is -2.43. The highest BCUT2D eigenvalue weighted by atomic mass is 16.5. The summed E-state index contributed by atoms with van der Waals surface area (Å²) in [6.45, 7) is 5.93. The number of ketones is 1. The first-order chi connectivity index (χ1) is 12.7. The molecule has 3 N–H and O–H groups in total. The van der Waals surface area contributed by atoms with Gasteiger partial charge in [0.2, 0.25) is 0 Å². The number of ether oxygens (including phenoxy) is 1. The second-order valence-electron chi connectivity index (χ2n) is 6.87. The molecule has 2 rings (SSSR count). The fourth-order valence-corrected chi connectivity index (χ4v) is 2.81. The van der Waals surface area contributed by atoms with Gasteiger partial charge in [0, 0.05) is 19.3 Å². The lowest BCUT2D eigenvalue weighted by molar-refractivity contribution is 0.100. The quantitative estimate of drug-likeness (QED) is 0.709. The minimum absolute atomic E-state index is 0.0879. The third kappa shape index (κ3) is 4.21. The smallest absolute Gasteiger partial charge is 0.332 e. The SMILES string of the molecule is COc1ccc(NCC(=O)c2c(N)n(CC(C)C)c(=O)n(C)c2=O)c(C)c1. The predicted molar refractivity (Wildman–Crippen MR) is 106 cm³/mol. The molecule has 0 aliphatic heterocycles. The maximum Gasteiger partial charge on any atom is 0.332 e. The number of aromatic nitrogens is 2. The van der Waals surface area contributed by atoms with Crippen LogP contribution in [-0.2, 0) is 13.6 Å². The molecule has 8 heteroatoms. The van der Waals surface area contributed by atoms with Gasteiger partial charge < -0.3 is 15.8 Å². The van der Waals surface area contributed by atoms with Gasteiger partial charge in [-0.15, -0.1) is 0 Å². The van der Waals surface area contributed by atoms with Crippen LogP contribution in [0.3, 0.4) is 0 Å². The minimum Gasteiger partial charge on any atom is -0.497 e. The molecule has 2 aromatic rings. The number of rotatable bonds is 7. The molecule has 146 valence electrons. The third-order valence-electron chi connectivity index (χ3n) is 4.28. The number of carbonyl (C=O) groups is 1. The summed E-state index contributed by atoms with van der Waals surface area (Å²) in [6, 6.07) is 5.40. The Morgan fingerprint density at radius 2 is 1.96 bits per heavy atom. The van der Waals surface area contributed by atoms with Crippen LogP contribution in [-0.4, -0.2) is 28.6 Å². The van der Waals surface area contributed by atoms with Crippen molar-refractivity contribution in [2.75, 3.05) is 24.7 Å². The molecule has 1 aromatic heterocycles. The van der Waals surface area contributed by atoms with Gasteiger partial charge in [-0.25, -0.2) is 4.79 Å². The number of aryl methyl sites for hydroxylation is 1. The molecule has 0 aliphatic rings. The molecule has 0 atom stereocenters. The van der Waals surface area contributed by atoms with Crippen LogP contribution in [0.5, 0.6) is 5.75 Å². The summed E-state index contributed by atoms with van der Waals surface area (Å²) in [5, 5.41) is 3.02. The minimum atomic E-state index is -0.684. The molecule has 1 aromatic carbocycles. The molecule has 27 heavy (non-hydrogen) atoms. The van der Waals surface area contributed by atoms with Crippen molar-refractivity contribution >= 4 is 17.3 Å². The maximum atomic E-state index is 12.7. The standard InChI is InChI=1S/C19H26N4O4/c1-11(2)10-23-17(20)16(18(25)22(4)19(23)26)15(24)9-21-14-7-6-13(27-5)8-12(14)3/h6-8,11,21H,9-10,20H2,1-5H3. The Hall–Kier alpha value is -3.03. The van der Waals surface area contributed by atoms with Crippen molar-refractivity contribution in [3.05, 3.63) is 50.2 Å². The monoisotopic (exact) mass is 374 g/mol. The van der Waals surface area contributed by atoms with Crippen LogP contribution >= 0.6 is 0 Å². The summed E-state index contributed by atoms with van der Waals surface area (Å²) in [4.78, 5) is 37.5. The van der Waals surface area contributed by atoms with Crippen molar-refractivity contribution < 1.29 is 9.53 Å². The molecule has 0 bridgehead atoms. The number of nitrogens with two attached hydrogens (primary N) is 1. The van der Waals surface area contributed by atoms with Gasteiger partial charge in [-0.1, -0.05) is 13.8 Å². The number of hydrogen-bond donors (Lipinski definition) is 2. The number of Topliss-reactive ketones (excluding diaryl/α,β-unsaturated/α-hetero) is 1. The number of benzene rings is 1. The van der Waals surface area contributed by atoms with Gasteiger partial charge in [0.25, 0.3) is 5.56 Å². The van der Waals surface area contributed by atoms with Crippen molar-refractivity contribution in [3.8, 4) is 5.75 Å². The van der Waals surface area contributed by atoms with Gasteiger partial charge in [-0.2, -0.15) is 0 Å². The summed E-state index contributed by atoms with van der Waals surface area (Å²) in [7, 11) is 2.93. The second-order valence-corrected chi connectivity index (χ2v) is 6.87. The molecule has 0 saturated carbocycles. The summed E-state index contributed by atoms with van der Waals surface area (Å²) in [5.41, 5.74) is 6.29. The zero-order valence-corrected chi connectivity index (χ0v) is 16.3. The van der Waals surface area contributed by atoms with E-state index in [0.29, 0.717) is 12.3 Å². The molecule has 0 fully saturated rings. The van der Waals surface area contributed by atoms with E-state index in [2.05, 4.69) is 5.32 Å². The molecule has 0 aliphatic carbocycles. The van der Waals surface area contributed by atoms with Gasteiger partial charge in [-0.05, 0) is 36.6 Å². The zero-order chi connectivity index (χ0) is 20.3. The summed E-state index contributed by atoms with van der Waals surface area (Å²) in [5.74, 6) is 0.282. The lowest BCUT2D eigenvalue weighted by Gasteiger charge is -2.16. The van der Waals surface area contributed by atoms with E-state index in [9.17, 15) is 14.4 Å². The second kappa shape index (κ2) is 8.11. The van der Waals surface area contributed by atoms with Crippen LogP contribution in [0.15, 0.2) is 27.8 Å². The molecule has 1 heterocycles. The molecular weight excluding hydrogens is 348 g/mol. The average Bonchev–Trinajstić information content (AvgIpc) is 2.62. The molecule has 0 amide bonds.